The summed E-state index contributed by atoms with van der Waals surface area (Å²) in [7, 11) is 0. The van der Waals surface area contributed by atoms with Crippen molar-refractivity contribution in [3.63, 3.8) is 0 Å². The molecule has 0 radical (unpaired) electrons. The highest BCUT2D eigenvalue weighted by molar-refractivity contribution is 6.31. The zero-order valence-corrected chi connectivity index (χ0v) is 13.3. The summed E-state index contributed by atoms with van der Waals surface area (Å²) in [4.78, 5) is 25.1. The van der Waals surface area contributed by atoms with Crippen LogP contribution in [-0.2, 0) is 9.59 Å². The van der Waals surface area contributed by atoms with E-state index in [4.69, 9.17) is 16.7 Å². The molecule has 1 heterocycles. The highest BCUT2D eigenvalue weighted by Crippen LogP contribution is 2.22. The van der Waals surface area contributed by atoms with Crippen LogP contribution in [0.5, 0.6) is 0 Å². The summed E-state index contributed by atoms with van der Waals surface area (Å²) in [6.07, 6.45) is 1.49. The van der Waals surface area contributed by atoms with E-state index in [9.17, 15) is 9.59 Å². The van der Waals surface area contributed by atoms with Crippen LogP contribution in [0.3, 0.4) is 0 Å². The summed E-state index contributed by atoms with van der Waals surface area (Å²) >= 11 is 6.12. The zero-order valence-electron chi connectivity index (χ0n) is 12.6. The molecule has 2 atom stereocenters. The van der Waals surface area contributed by atoms with E-state index in [1.54, 1.807) is 6.07 Å². The number of amides is 1. The van der Waals surface area contributed by atoms with Crippen molar-refractivity contribution in [2.24, 2.45) is 5.92 Å². The van der Waals surface area contributed by atoms with Gasteiger partial charge in [0, 0.05) is 11.6 Å². The van der Waals surface area contributed by atoms with E-state index < -0.39 is 5.97 Å². The fourth-order valence-electron chi connectivity index (χ4n) is 2.79. The third-order valence-corrected chi connectivity index (χ3v) is 4.32. The lowest BCUT2D eigenvalue weighted by molar-refractivity contribution is -0.144. The van der Waals surface area contributed by atoms with Crippen molar-refractivity contribution in [3.05, 3.63) is 34.9 Å². The second-order valence-corrected chi connectivity index (χ2v) is 6.13. The van der Waals surface area contributed by atoms with E-state index in [1.165, 1.54) is 0 Å². The smallest absolute Gasteiger partial charge is 0.307 e. The van der Waals surface area contributed by atoms with Crippen LogP contribution in [-0.4, -0.2) is 41.5 Å². The van der Waals surface area contributed by atoms with Gasteiger partial charge < -0.3 is 10.4 Å². The molecule has 1 aromatic carbocycles. The van der Waals surface area contributed by atoms with Crippen molar-refractivity contribution in [3.8, 4) is 0 Å². The predicted molar refractivity (Wildman–Crippen MR) is 84.8 cm³/mol. The summed E-state index contributed by atoms with van der Waals surface area (Å²) in [6, 6.07) is 7.23. The fraction of sp³-hybridized carbons (Fsp3) is 0.500. The minimum absolute atomic E-state index is 0.113. The molecule has 0 aromatic heterocycles. The van der Waals surface area contributed by atoms with E-state index in [1.807, 2.05) is 30.0 Å². The largest absolute Gasteiger partial charge is 0.481 e. The number of carboxylic acids is 1. The van der Waals surface area contributed by atoms with Crippen LogP contribution in [0.4, 0.5) is 0 Å². The molecule has 2 rings (SSSR count). The van der Waals surface area contributed by atoms with Gasteiger partial charge in [0.2, 0.25) is 5.91 Å². The predicted octanol–water partition coefficient (Wildman–Crippen LogP) is 2.31. The van der Waals surface area contributed by atoms with Gasteiger partial charge in [-0.3, -0.25) is 14.5 Å². The number of likely N-dealkylation sites (tertiary alicyclic amines) is 1. The molecule has 1 aliphatic heterocycles. The van der Waals surface area contributed by atoms with Crippen LogP contribution < -0.4 is 5.32 Å². The number of hydrogen-bond acceptors (Lipinski definition) is 3. The first-order valence-electron chi connectivity index (χ1n) is 7.46. The Morgan fingerprint density at radius 3 is 2.86 bits per heavy atom. The van der Waals surface area contributed by atoms with Gasteiger partial charge in [-0.15, -0.1) is 0 Å². The zero-order chi connectivity index (χ0) is 16.1. The Morgan fingerprint density at radius 1 is 1.45 bits per heavy atom. The lowest BCUT2D eigenvalue weighted by Gasteiger charge is -2.30. The van der Waals surface area contributed by atoms with Crippen LogP contribution in [0.15, 0.2) is 24.3 Å². The Kier molecular flexibility index (Phi) is 5.80. The second-order valence-electron chi connectivity index (χ2n) is 5.72. The normalized spacial score (nSPS) is 20.4. The molecule has 0 aliphatic carbocycles. The van der Waals surface area contributed by atoms with Crippen LogP contribution in [0, 0.1) is 5.92 Å². The third kappa shape index (κ3) is 4.45. The second kappa shape index (κ2) is 7.61. The fourth-order valence-corrected chi connectivity index (χ4v) is 3.09. The number of carbonyl (C=O) groups excluding carboxylic acids is 1. The topological polar surface area (TPSA) is 69.6 Å². The maximum atomic E-state index is 12.1. The molecule has 0 bridgehead atoms. The SMILES string of the molecule is C[C@@H](NC(=O)CN1CCC[C@@H](C(=O)O)C1)c1ccccc1Cl. The van der Waals surface area contributed by atoms with Gasteiger partial charge in [0.05, 0.1) is 18.5 Å². The number of nitrogens with one attached hydrogen (secondary N) is 1. The van der Waals surface area contributed by atoms with Gasteiger partial charge in [-0.05, 0) is 37.9 Å². The van der Waals surface area contributed by atoms with Gasteiger partial charge in [-0.25, -0.2) is 0 Å². The van der Waals surface area contributed by atoms with Crippen LogP contribution in [0.25, 0.3) is 0 Å². The lowest BCUT2D eigenvalue weighted by atomic mass is 9.98. The summed E-state index contributed by atoms with van der Waals surface area (Å²) in [6.45, 7) is 3.30. The quantitative estimate of drug-likeness (QED) is 0.872. The molecule has 1 saturated heterocycles. The van der Waals surface area contributed by atoms with E-state index in [2.05, 4.69) is 5.32 Å². The molecule has 120 valence electrons. The third-order valence-electron chi connectivity index (χ3n) is 3.97. The molecule has 0 saturated carbocycles. The maximum Gasteiger partial charge on any atom is 0.307 e. The number of nitrogens with zero attached hydrogens (tertiary/aromatic N) is 1. The number of piperidine rings is 1. The lowest BCUT2D eigenvalue weighted by Crippen LogP contribution is -2.44. The van der Waals surface area contributed by atoms with E-state index in [-0.39, 0.29) is 24.4 Å². The van der Waals surface area contributed by atoms with E-state index >= 15 is 0 Å². The Bertz CT molecular complexity index is 550. The Labute approximate surface area is 135 Å². The first kappa shape index (κ1) is 16.8. The van der Waals surface area contributed by atoms with Crippen molar-refractivity contribution in [1.82, 2.24) is 10.2 Å². The average Bonchev–Trinajstić information content (AvgIpc) is 2.47. The minimum Gasteiger partial charge on any atom is -0.481 e. The molecule has 22 heavy (non-hydrogen) atoms. The average molecular weight is 325 g/mol. The Balaban J connectivity index is 1.87. The summed E-state index contributed by atoms with van der Waals surface area (Å²) in [5.74, 6) is -1.27. The molecular formula is C16H21ClN2O3. The van der Waals surface area contributed by atoms with Gasteiger partial charge in [-0.2, -0.15) is 0 Å². The number of rotatable bonds is 5. The number of aliphatic carboxylic acids is 1. The van der Waals surface area contributed by atoms with Crippen molar-refractivity contribution in [2.45, 2.75) is 25.8 Å². The summed E-state index contributed by atoms with van der Waals surface area (Å²) in [5, 5.41) is 12.6. The highest BCUT2D eigenvalue weighted by atomic mass is 35.5. The molecule has 2 N–H and O–H groups in total. The van der Waals surface area contributed by atoms with Gasteiger partial charge >= 0.3 is 5.97 Å². The number of benzene rings is 1. The molecule has 5 nitrogen and oxygen atoms in total. The van der Waals surface area contributed by atoms with Gasteiger partial charge in [0.25, 0.3) is 0 Å². The number of halogens is 1. The van der Waals surface area contributed by atoms with E-state index in [0.717, 1.165) is 18.5 Å². The molecule has 1 aliphatic rings. The molecule has 1 aromatic rings. The van der Waals surface area contributed by atoms with Crippen LogP contribution in [0.2, 0.25) is 5.02 Å². The van der Waals surface area contributed by atoms with Gasteiger partial charge in [0.1, 0.15) is 0 Å². The molecule has 1 fully saturated rings. The summed E-state index contributed by atoms with van der Waals surface area (Å²) in [5.41, 5.74) is 0.875. The molecule has 0 unspecified atom stereocenters. The molecule has 6 heteroatoms. The van der Waals surface area contributed by atoms with E-state index in [0.29, 0.717) is 18.0 Å². The molecule has 1 amide bonds. The Hall–Kier alpha value is -1.59. The minimum atomic E-state index is -0.783. The molecular weight excluding hydrogens is 304 g/mol. The maximum absolute atomic E-state index is 12.1. The number of carbonyl (C=O) groups is 2. The standard InChI is InChI=1S/C16H21ClN2O3/c1-11(13-6-2-3-7-14(13)17)18-15(20)10-19-8-4-5-12(9-19)16(21)22/h2-3,6-7,11-12H,4-5,8-10H2,1H3,(H,18,20)(H,21,22)/t11-,12-/m1/s1. The highest BCUT2D eigenvalue weighted by Gasteiger charge is 2.26. The monoisotopic (exact) mass is 324 g/mol. The first-order chi connectivity index (χ1) is 10.5. The van der Waals surface area contributed by atoms with Gasteiger partial charge in [0.15, 0.2) is 0 Å². The summed E-state index contributed by atoms with van der Waals surface area (Å²) < 4.78 is 0. The molecule has 0 spiro atoms. The first-order valence-corrected chi connectivity index (χ1v) is 7.84. The number of hydrogen-bond donors (Lipinski definition) is 2. The van der Waals surface area contributed by atoms with Crippen molar-refractivity contribution >= 4 is 23.5 Å². The van der Waals surface area contributed by atoms with Crippen molar-refractivity contribution in [2.75, 3.05) is 19.6 Å². The number of carboxylic acid groups (broad SMARTS) is 1. The van der Waals surface area contributed by atoms with Crippen LogP contribution >= 0.6 is 11.6 Å². The van der Waals surface area contributed by atoms with Crippen molar-refractivity contribution < 1.29 is 14.7 Å². The van der Waals surface area contributed by atoms with Gasteiger partial charge in [-0.1, -0.05) is 29.8 Å². The Morgan fingerprint density at radius 2 is 2.18 bits per heavy atom. The van der Waals surface area contributed by atoms with Crippen molar-refractivity contribution in [1.29, 1.82) is 0 Å². The van der Waals surface area contributed by atoms with Crippen LogP contribution in [0.1, 0.15) is 31.4 Å².